The van der Waals surface area contributed by atoms with E-state index in [2.05, 4.69) is 25.3 Å². The minimum Gasteiger partial charge on any atom is -0.479 e. The second kappa shape index (κ2) is 9.28. The van der Waals surface area contributed by atoms with Crippen LogP contribution >= 0.6 is 0 Å². The Bertz CT molecular complexity index is 565. The lowest BCUT2D eigenvalue weighted by molar-refractivity contribution is -0.140. The molecule has 0 atom stereocenters. The van der Waals surface area contributed by atoms with Crippen LogP contribution in [0.5, 0.6) is 0 Å². The van der Waals surface area contributed by atoms with E-state index in [0.717, 1.165) is 5.69 Å². The number of anilines is 1. The van der Waals surface area contributed by atoms with E-state index in [1.807, 2.05) is 6.92 Å². The summed E-state index contributed by atoms with van der Waals surface area (Å²) in [4.78, 5) is 43.0. The van der Waals surface area contributed by atoms with Crippen LogP contribution in [0.2, 0.25) is 0 Å². The highest BCUT2D eigenvalue weighted by atomic mass is 16.6. The first kappa shape index (κ1) is 19.1. The Morgan fingerprint density at radius 1 is 1.21 bits per heavy atom. The van der Waals surface area contributed by atoms with Gasteiger partial charge in [-0.3, -0.25) is 4.79 Å². The van der Waals surface area contributed by atoms with Gasteiger partial charge < -0.3 is 25.4 Å². The number of aromatic nitrogens is 2. The van der Waals surface area contributed by atoms with Gasteiger partial charge in [-0.1, -0.05) is 0 Å². The molecule has 0 radical (unpaired) electrons. The zero-order chi connectivity index (χ0) is 18.1. The molecule has 0 unspecified atom stereocenters. The lowest BCUT2D eigenvalue weighted by Crippen LogP contribution is -2.49. The normalized spacial score (nSPS) is 13.6. The average molecular weight is 339 g/mol. The van der Waals surface area contributed by atoms with Crippen molar-refractivity contribution < 1.29 is 24.2 Å². The number of nitrogens with zero attached hydrogens (tertiary/aromatic N) is 4. The molecule has 2 heterocycles. The van der Waals surface area contributed by atoms with Crippen LogP contribution in [0.15, 0.2) is 12.4 Å². The summed E-state index contributed by atoms with van der Waals surface area (Å²) < 4.78 is 4.64. The van der Waals surface area contributed by atoms with Crippen LogP contribution < -0.4 is 10.6 Å². The Hall–Kier alpha value is -2.91. The van der Waals surface area contributed by atoms with Crippen LogP contribution in [0.25, 0.3) is 0 Å². The number of rotatable bonds is 3. The van der Waals surface area contributed by atoms with Gasteiger partial charge in [0.05, 0.1) is 18.1 Å². The maximum Gasteiger partial charge on any atom is 0.410 e. The third kappa shape index (κ3) is 6.90. The lowest BCUT2D eigenvalue weighted by atomic mass is 10.3. The monoisotopic (exact) mass is 339 g/mol. The van der Waals surface area contributed by atoms with Crippen molar-refractivity contribution in [3.05, 3.63) is 18.2 Å². The number of hydrogen-bond donors (Lipinski definition) is 2. The minimum absolute atomic E-state index is 0.333. The number of carboxylic acid groups (broad SMARTS) is 1. The molecule has 1 aromatic heterocycles. The standard InChI is InChI=1S/C12H16N4O4.C2H5NO/c1-9-13-6-10(7-14-9)15-2-4-16(5-3-15)12(19)20-8-11(17)18;1-2(3)4/h6-7H,2-5,8H2,1H3,(H,17,18);1H3,(H2,3,4). The number of hydrogen-bond acceptors (Lipinski definition) is 7. The molecule has 10 heteroatoms. The van der Waals surface area contributed by atoms with Crippen molar-refractivity contribution in [2.24, 2.45) is 5.73 Å². The molecule has 0 bridgehead atoms. The Morgan fingerprint density at radius 2 is 1.71 bits per heavy atom. The Kier molecular flexibility index (Phi) is 7.40. The molecule has 1 saturated heterocycles. The zero-order valence-corrected chi connectivity index (χ0v) is 13.6. The predicted octanol–water partition coefficient (Wildman–Crippen LogP) is -0.380. The maximum atomic E-state index is 11.6. The first-order valence-electron chi connectivity index (χ1n) is 7.22. The second-order valence-electron chi connectivity index (χ2n) is 5.02. The smallest absolute Gasteiger partial charge is 0.410 e. The van der Waals surface area contributed by atoms with E-state index in [1.54, 1.807) is 12.4 Å². The van der Waals surface area contributed by atoms with E-state index >= 15 is 0 Å². The van der Waals surface area contributed by atoms with Gasteiger partial charge in [0.1, 0.15) is 5.82 Å². The van der Waals surface area contributed by atoms with Crippen LogP contribution in [0.4, 0.5) is 10.5 Å². The molecule has 0 saturated carbocycles. The molecule has 2 rings (SSSR count). The molecule has 1 aliphatic rings. The fraction of sp³-hybridized carbons (Fsp3) is 0.500. The molecule has 0 aliphatic carbocycles. The molecule has 24 heavy (non-hydrogen) atoms. The first-order valence-corrected chi connectivity index (χ1v) is 7.22. The number of carbonyl (C=O) groups is 3. The topological polar surface area (TPSA) is 139 Å². The largest absolute Gasteiger partial charge is 0.479 e. The van der Waals surface area contributed by atoms with Crippen LogP contribution in [0, 0.1) is 6.92 Å². The highest BCUT2D eigenvalue weighted by Crippen LogP contribution is 2.14. The van der Waals surface area contributed by atoms with E-state index in [9.17, 15) is 14.4 Å². The van der Waals surface area contributed by atoms with Crippen LogP contribution in [0.3, 0.4) is 0 Å². The molecule has 1 aromatic rings. The number of piperazine rings is 1. The number of carbonyl (C=O) groups excluding carboxylic acids is 2. The second-order valence-corrected chi connectivity index (χ2v) is 5.02. The Balaban J connectivity index is 0.000000648. The van der Waals surface area contributed by atoms with Crippen molar-refractivity contribution in [1.29, 1.82) is 0 Å². The van der Waals surface area contributed by atoms with Gasteiger partial charge >= 0.3 is 12.1 Å². The van der Waals surface area contributed by atoms with Gasteiger partial charge in [-0.15, -0.1) is 0 Å². The number of carboxylic acids is 1. The van der Waals surface area contributed by atoms with E-state index < -0.39 is 18.7 Å². The number of primary amides is 1. The van der Waals surface area contributed by atoms with Crippen LogP contribution in [0.1, 0.15) is 12.7 Å². The first-order chi connectivity index (χ1) is 11.3. The Morgan fingerprint density at radius 3 is 2.17 bits per heavy atom. The van der Waals surface area contributed by atoms with Gasteiger partial charge in [0.2, 0.25) is 5.91 Å². The average Bonchev–Trinajstić information content (AvgIpc) is 2.53. The van der Waals surface area contributed by atoms with Gasteiger partial charge in [0, 0.05) is 33.1 Å². The third-order valence-corrected chi connectivity index (χ3v) is 2.99. The number of aliphatic carboxylic acids is 1. The summed E-state index contributed by atoms with van der Waals surface area (Å²) in [6.07, 6.45) is 2.91. The van der Waals surface area contributed by atoms with Gasteiger partial charge in [-0.2, -0.15) is 0 Å². The van der Waals surface area contributed by atoms with E-state index in [1.165, 1.54) is 11.8 Å². The van der Waals surface area contributed by atoms with Crippen molar-refractivity contribution in [1.82, 2.24) is 14.9 Å². The van der Waals surface area contributed by atoms with Gasteiger partial charge in [0.15, 0.2) is 6.61 Å². The van der Waals surface area contributed by atoms with E-state index in [4.69, 9.17) is 5.11 Å². The quantitative estimate of drug-likeness (QED) is 0.759. The molecule has 0 spiro atoms. The summed E-state index contributed by atoms with van der Waals surface area (Å²) >= 11 is 0. The number of ether oxygens (including phenoxy) is 1. The molecular formula is C14H21N5O5. The summed E-state index contributed by atoms with van der Waals surface area (Å²) in [7, 11) is 0. The van der Waals surface area contributed by atoms with E-state index in [0.29, 0.717) is 32.0 Å². The van der Waals surface area contributed by atoms with Gasteiger partial charge in [0.25, 0.3) is 0 Å². The predicted molar refractivity (Wildman–Crippen MR) is 84.4 cm³/mol. The molecule has 1 fully saturated rings. The molecule has 0 aromatic carbocycles. The highest BCUT2D eigenvalue weighted by molar-refractivity contribution is 5.74. The van der Waals surface area contributed by atoms with Crippen molar-refractivity contribution in [3.63, 3.8) is 0 Å². The molecule has 1 aliphatic heterocycles. The van der Waals surface area contributed by atoms with Crippen molar-refractivity contribution in [2.45, 2.75) is 13.8 Å². The van der Waals surface area contributed by atoms with Gasteiger partial charge in [-0.25, -0.2) is 19.6 Å². The van der Waals surface area contributed by atoms with Crippen molar-refractivity contribution in [2.75, 3.05) is 37.7 Å². The third-order valence-electron chi connectivity index (χ3n) is 2.99. The highest BCUT2D eigenvalue weighted by Gasteiger charge is 2.23. The molecule has 10 nitrogen and oxygen atoms in total. The van der Waals surface area contributed by atoms with Gasteiger partial charge in [-0.05, 0) is 6.92 Å². The van der Waals surface area contributed by atoms with Crippen molar-refractivity contribution >= 4 is 23.7 Å². The Labute approximate surface area is 139 Å². The van der Waals surface area contributed by atoms with Crippen LogP contribution in [-0.4, -0.2) is 70.7 Å². The minimum atomic E-state index is -1.16. The maximum absolute atomic E-state index is 11.6. The molecule has 2 amide bonds. The zero-order valence-electron chi connectivity index (χ0n) is 13.6. The number of nitrogens with two attached hydrogens (primary N) is 1. The number of aryl methyl sites for hydroxylation is 1. The fourth-order valence-electron chi connectivity index (χ4n) is 1.91. The molecule has 3 N–H and O–H groups in total. The summed E-state index contributed by atoms with van der Waals surface area (Å²) in [5.41, 5.74) is 5.38. The summed E-state index contributed by atoms with van der Waals surface area (Å²) in [6.45, 7) is 4.74. The molecule has 132 valence electrons. The SMILES string of the molecule is CC(N)=O.Cc1ncc(N2CCN(C(=O)OCC(=O)O)CC2)cn1. The summed E-state index contributed by atoms with van der Waals surface area (Å²) in [5.74, 6) is -0.779. The lowest BCUT2D eigenvalue weighted by Gasteiger charge is -2.34. The fourth-order valence-corrected chi connectivity index (χ4v) is 1.91. The summed E-state index contributed by atoms with van der Waals surface area (Å²) in [6, 6.07) is 0. The van der Waals surface area contributed by atoms with Crippen molar-refractivity contribution in [3.8, 4) is 0 Å². The summed E-state index contributed by atoms with van der Waals surface area (Å²) in [5, 5.41) is 8.46. The molecular weight excluding hydrogens is 318 g/mol. The van der Waals surface area contributed by atoms with Crippen LogP contribution in [-0.2, 0) is 14.3 Å². The van der Waals surface area contributed by atoms with E-state index in [-0.39, 0.29) is 5.91 Å². The number of amides is 2.